The van der Waals surface area contributed by atoms with Crippen molar-refractivity contribution in [2.75, 3.05) is 0 Å². The summed E-state index contributed by atoms with van der Waals surface area (Å²) in [6, 6.07) is 0. The fourth-order valence-electron chi connectivity index (χ4n) is 2.00. The Bertz CT molecular complexity index is 794. The number of hydrogen-bond donors (Lipinski definition) is 3. The van der Waals surface area contributed by atoms with Gasteiger partial charge in [0.25, 0.3) is 5.24 Å². The van der Waals surface area contributed by atoms with Gasteiger partial charge in [0, 0.05) is 0 Å². The second-order valence-electron chi connectivity index (χ2n) is 4.05. The van der Waals surface area contributed by atoms with Crippen molar-refractivity contribution in [3.05, 3.63) is 38.5 Å². The van der Waals surface area contributed by atoms with E-state index in [1.165, 1.54) is 0 Å². The lowest BCUT2D eigenvalue weighted by atomic mass is 10.1. The molecular weight excluding hydrogens is 347 g/mol. The van der Waals surface area contributed by atoms with Crippen molar-refractivity contribution in [3.8, 4) is 0 Å². The molecule has 4 nitrogen and oxygen atoms in total. The van der Waals surface area contributed by atoms with Gasteiger partial charge in [0.2, 0.25) is 0 Å². The first kappa shape index (κ1) is 14.4. The molecule has 1 saturated heterocycles. The van der Waals surface area contributed by atoms with Crippen LogP contribution in [-0.2, 0) is 0 Å². The highest BCUT2D eigenvalue weighted by Crippen LogP contribution is 2.40. The quantitative estimate of drug-likeness (QED) is 0.291. The van der Waals surface area contributed by atoms with Crippen LogP contribution in [-0.4, -0.2) is 16.1 Å². The summed E-state index contributed by atoms with van der Waals surface area (Å²) in [5, 5.41) is 10.8. The van der Waals surface area contributed by atoms with Crippen LogP contribution in [0.3, 0.4) is 0 Å². The van der Waals surface area contributed by atoms with Gasteiger partial charge in [-0.3, -0.25) is 10.2 Å². The highest BCUT2D eigenvalue weighted by Gasteiger charge is 2.37. The molecule has 3 rings (SSSR count). The summed E-state index contributed by atoms with van der Waals surface area (Å²) < 4.78 is 41.5. The molecule has 1 fully saturated rings. The van der Waals surface area contributed by atoms with Gasteiger partial charge < -0.3 is 10.6 Å². The third-order valence-electron chi connectivity index (χ3n) is 2.86. The molecule has 0 aromatic heterocycles. The van der Waals surface area contributed by atoms with Crippen LogP contribution in [0.15, 0.2) is 4.91 Å². The summed E-state index contributed by atoms with van der Waals surface area (Å²) in [5.41, 5.74) is -1.08. The minimum atomic E-state index is -1.57. The van der Waals surface area contributed by atoms with Gasteiger partial charge in [-0.2, -0.15) is 0 Å². The molecule has 21 heavy (non-hydrogen) atoms. The number of fused-ring (bicyclic) bond motifs is 1. The van der Waals surface area contributed by atoms with E-state index in [1.54, 1.807) is 0 Å². The lowest BCUT2D eigenvalue weighted by molar-refractivity contribution is 0.265. The van der Waals surface area contributed by atoms with Crippen molar-refractivity contribution >= 4 is 57.3 Å². The standard InChI is InChI=1S/C11H3ClF3N3OS2/c12-3-4(13)1-2(5(14)6(3)15)9(16)17-7(1)8-10(20)18-11(19)21-8/h(H2,16,17)(H,18,19,20). The van der Waals surface area contributed by atoms with E-state index in [2.05, 4.69) is 10.6 Å². The number of amides is 1. The number of halogens is 4. The minimum absolute atomic E-state index is 0.00778. The Labute approximate surface area is 130 Å². The number of hydrogen-bond acceptors (Lipinski definition) is 4. The van der Waals surface area contributed by atoms with Crippen LogP contribution in [0.25, 0.3) is 5.70 Å². The maximum absolute atomic E-state index is 14.2. The van der Waals surface area contributed by atoms with Crippen molar-refractivity contribution in [1.82, 2.24) is 10.6 Å². The Morgan fingerprint density at radius 1 is 1.10 bits per heavy atom. The summed E-state index contributed by atoms with van der Waals surface area (Å²) in [7, 11) is 0. The molecule has 0 bridgehead atoms. The monoisotopic (exact) mass is 349 g/mol. The normalized spacial score (nSPS) is 20.7. The van der Waals surface area contributed by atoms with Crippen LogP contribution >= 0.6 is 35.6 Å². The molecule has 0 unspecified atom stereocenters. The summed E-state index contributed by atoms with van der Waals surface area (Å²) in [5.74, 6) is -4.76. The molecule has 2 aliphatic heterocycles. The minimum Gasteiger partial charge on any atom is -0.338 e. The molecule has 0 radical (unpaired) electrons. The van der Waals surface area contributed by atoms with Gasteiger partial charge in [-0.25, -0.2) is 13.2 Å². The van der Waals surface area contributed by atoms with Crippen LogP contribution in [0.1, 0.15) is 11.1 Å². The van der Waals surface area contributed by atoms with Crippen LogP contribution in [0.5, 0.6) is 0 Å². The Morgan fingerprint density at radius 2 is 1.76 bits per heavy atom. The van der Waals surface area contributed by atoms with Gasteiger partial charge in [0.15, 0.2) is 17.5 Å². The average Bonchev–Trinajstić information content (AvgIpc) is 2.93. The molecule has 1 aromatic carbocycles. The summed E-state index contributed by atoms with van der Waals surface area (Å²) in [4.78, 5) is 11.4. The van der Waals surface area contributed by atoms with E-state index < -0.39 is 44.7 Å². The Morgan fingerprint density at radius 3 is 2.33 bits per heavy atom. The third kappa shape index (κ3) is 1.95. The van der Waals surface area contributed by atoms with Crippen molar-refractivity contribution in [2.24, 2.45) is 0 Å². The highest BCUT2D eigenvalue weighted by molar-refractivity contribution is 8.19. The number of carbonyl (C=O) groups is 1. The Balaban J connectivity index is 2.36. The average molecular weight is 350 g/mol. The topological polar surface area (TPSA) is 65.0 Å². The van der Waals surface area contributed by atoms with Crippen molar-refractivity contribution in [3.63, 3.8) is 0 Å². The molecule has 2 aliphatic rings. The molecule has 1 amide bonds. The fourth-order valence-corrected chi connectivity index (χ4v) is 3.30. The third-order valence-corrected chi connectivity index (χ3v) is 4.53. The van der Waals surface area contributed by atoms with Gasteiger partial charge in [-0.15, -0.1) is 0 Å². The highest BCUT2D eigenvalue weighted by atomic mass is 35.5. The molecule has 3 N–H and O–H groups in total. The molecule has 108 valence electrons. The van der Waals surface area contributed by atoms with Crippen molar-refractivity contribution in [2.45, 2.75) is 0 Å². The van der Waals surface area contributed by atoms with E-state index >= 15 is 0 Å². The van der Waals surface area contributed by atoms with Crippen molar-refractivity contribution in [1.29, 1.82) is 5.41 Å². The summed E-state index contributed by atoms with van der Waals surface area (Å²) >= 11 is 11.0. The summed E-state index contributed by atoms with van der Waals surface area (Å²) in [6.45, 7) is 0. The van der Waals surface area contributed by atoms with E-state index in [-0.39, 0.29) is 15.6 Å². The van der Waals surface area contributed by atoms with Crippen LogP contribution < -0.4 is 10.6 Å². The van der Waals surface area contributed by atoms with Gasteiger partial charge in [0.1, 0.15) is 15.8 Å². The second kappa shape index (κ2) is 4.72. The molecule has 0 aliphatic carbocycles. The van der Waals surface area contributed by atoms with E-state index in [9.17, 15) is 18.0 Å². The molecular formula is C11H3ClF3N3OS2. The zero-order valence-electron chi connectivity index (χ0n) is 9.74. The van der Waals surface area contributed by atoms with E-state index in [4.69, 9.17) is 29.2 Å². The molecule has 1 aromatic rings. The first-order valence-electron chi connectivity index (χ1n) is 5.32. The predicted octanol–water partition coefficient (Wildman–Crippen LogP) is 3.14. The maximum atomic E-state index is 14.2. The summed E-state index contributed by atoms with van der Waals surface area (Å²) in [6.07, 6.45) is 0. The molecule has 0 atom stereocenters. The van der Waals surface area contributed by atoms with Crippen molar-refractivity contribution < 1.29 is 18.0 Å². The maximum Gasteiger partial charge on any atom is 0.289 e. The SMILES string of the molecule is N=C1NC(=C2SC(=O)NC2=S)c2c(F)c(Cl)c(F)c(F)c21. The molecule has 0 spiro atoms. The number of thiocarbonyl (C=S) groups is 1. The molecule has 0 saturated carbocycles. The van der Waals surface area contributed by atoms with Crippen LogP contribution in [0, 0.1) is 22.9 Å². The van der Waals surface area contributed by atoms with Gasteiger partial charge in [-0.05, 0) is 11.8 Å². The first-order chi connectivity index (χ1) is 9.82. The van der Waals surface area contributed by atoms with Gasteiger partial charge in [-0.1, -0.05) is 23.8 Å². The van der Waals surface area contributed by atoms with Gasteiger partial charge in [0.05, 0.1) is 21.7 Å². The largest absolute Gasteiger partial charge is 0.338 e. The Kier molecular flexibility index (Phi) is 3.23. The number of nitrogens with one attached hydrogen (secondary N) is 3. The van der Waals surface area contributed by atoms with Crippen LogP contribution in [0.2, 0.25) is 5.02 Å². The smallest absolute Gasteiger partial charge is 0.289 e. The predicted molar refractivity (Wildman–Crippen MR) is 76.9 cm³/mol. The number of amidine groups is 1. The number of benzene rings is 1. The zero-order chi connectivity index (χ0) is 15.5. The Hall–Kier alpha value is -1.58. The van der Waals surface area contributed by atoms with Gasteiger partial charge >= 0.3 is 0 Å². The number of carbonyl (C=O) groups excluding carboxylic acids is 1. The molecule has 10 heteroatoms. The lowest BCUT2D eigenvalue weighted by Crippen LogP contribution is -2.19. The van der Waals surface area contributed by atoms with E-state index in [1.807, 2.05) is 0 Å². The van der Waals surface area contributed by atoms with E-state index in [0.717, 1.165) is 0 Å². The van der Waals surface area contributed by atoms with Crippen LogP contribution in [0.4, 0.5) is 18.0 Å². The zero-order valence-corrected chi connectivity index (χ0v) is 12.1. The van der Waals surface area contributed by atoms with E-state index in [0.29, 0.717) is 11.8 Å². The number of thioether (sulfide) groups is 1. The lowest BCUT2D eigenvalue weighted by Gasteiger charge is -2.07. The fraction of sp³-hybridized carbons (Fsp3) is 0. The second-order valence-corrected chi connectivity index (χ2v) is 5.82. The number of rotatable bonds is 0. The first-order valence-corrected chi connectivity index (χ1v) is 6.93. The molecule has 2 heterocycles.